The molecular weight excluding hydrogens is 558 g/mol. The smallest absolute Gasteiger partial charge is 0.410 e. The van der Waals surface area contributed by atoms with E-state index in [0.29, 0.717) is 18.5 Å². The number of thiazole rings is 1. The number of fused-ring (bicyclic) bond motifs is 1. The molecule has 7 nitrogen and oxygen atoms in total. The van der Waals surface area contributed by atoms with E-state index in [1.165, 1.54) is 53.1 Å². The summed E-state index contributed by atoms with van der Waals surface area (Å²) in [5.74, 6) is 0.957. The number of piperidine rings is 1. The molecule has 2 fully saturated rings. The lowest BCUT2D eigenvalue weighted by molar-refractivity contribution is -0.139. The van der Waals surface area contributed by atoms with Crippen molar-refractivity contribution >= 4 is 17.4 Å². The average Bonchev–Trinajstić information content (AvgIpc) is 3.38. The van der Waals surface area contributed by atoms with Crippen LogP contribution >= 0.6 is 11.3 Å². The van der Waals surface area contributed by atoms with E-state index in [0.717, 1.165) is 61.2 Å². The highest BCUT2D eigenvalue weighted by Gasteiger charge is 2.40. The summed E-state index contributed by atoms with van der Waals surface area (Å²) in [6.45, 7) is 17.3. The maximum Gasteiger partial charge on any atom is 0.410 e. The fourth-order valence-corrected chi connectivity index (χ4v) is 7.56. The number of ether oxygens (including phenoxy) is 3. The van der Waals surface area contributed by atoms with Crippen LogP contribution in [0.15, 0.2) is 36.4 Å². The summed E-state index contributed by atoms with van der Waals surface area (Å²) in [6, 6.07) is 12.8. The van der Waals surface area contributed by atoms with E-state index in [1.54, 1.807) is 16.2 Å². The first-order valence-electron chi connectivity index (χ1n) is 15.7. The van der Waals surface area contributed by atoms with Crippen molar-refractivity contribution in [1.29, 1.82) is 0 Å². The predicted octanol–water partition coefficient (Wildman–Crippen LogP) is 7.27. The maximum absolute atomic E-state index is 12.7. The molecule has 8 heteroatoms. The number of aromatic nitrogens is 1. The third-order valence-corrected chi connectivity index (χ3v) is 10.3. The first-order valence-corrected chi connectivity index (χ1v) is 16.5. The molecule has 43 heavy (non-hydrogen) atoms. The van der Waals surface area contributed by atoms with Gasteiger partial charge in [0.05, 0.1) is 32.1 Å². The highest BCUT2D eigenvalue weighted by Crippen LogP contribution is 2.40. The van der Waals surface area contributed by atoms with Gasteiger partial charge in [-0.15, -0.1) is 11.3 Å². The number of hydrogen-bond acceptors (Lipinski definition) is 7. The quantitative estimate of drug-likeness (QED) is 0.265. The van der Waals surface area contributed by atoms with Gasteiger partial charge in [0.25, 0.3) is 0 Å². The van der Waals surface area contributed by atoms with Crippen LogP contribution in [-0.2, 0) is 22.4 Å². The minimum absolute atomic E-state index is 0.271. The van der Waals surface area contributed by atoms with Gasteiger partial charge in [0.15, 0.2) is 0 Å². The Morgan fingerprint density at radius 3 is 2.40 bits per heavy atom. The van der Waals surface area contributed by atoms with E-state index < -0.39 is 5.60 Å². The number of nitrogens with zero attached hydrogens (tertiary/aromatic N) is 3. The largest absolute Gasteiger partial charge is 0.493 e. The van der Waals surface area contributed by atoms with Crippen LogP contribution in [0.4, 0.5) is 4.79 Å². The Labute approximate surface area is 260 Å². The van der Waals surface area contributed by atoms with Crippen molar-refractivity contribution in [2.75, 3.05) is 46.0 Å². The van der Waals surface area contributed by atoms with E-state index in [9.17, 15) is 4.79 Å². The third kappa shape index (κ3) is 6.61. The molecule has 4 heterocycles. The molecule has 0 aliphatic carbocycles. The molecular formula is C35H45N3O4S. The number of amides is 1. The van der Waals surface area contributed by atoms with Crippen LogP contribution in [0.2, 0.25) is 0 Å². The zero-order valence-electron chi connectivity index (χ0n) is 26.3. The topological polar surface area (TPSA) is 64.1 Å². The fourth-order valence-electron chi connectivity index (χ4n) is 6.42. The Morgan fingerprint density at radius 1 is 1.00 bits per heavy atom. The Morgan fingerprint density at radius 2 is 1.70 bits per heavy atom. The first kappa shape index (κ1) is 30.1. The fraction of sp³-hybridized carbons (Fsp3) is 0.543. The standard InChI is InChI=1S/C35H45N3O4S/c1-24-26(9-6-11-28(24)32-36-29-21-38(17-13-31(29)43-32)33(39)42-34(3,4)5)27-10-7-12-30(25(27)2)41-20-8-16-37-18-14-35(15-19-37)22-40-23-35/h6-7,9-12H,8,13-23H2,1-5H3. The van der Waals surface area contributed by atoms with E-state index in [4.69, 9.17) is 19.2 Å². The van der Waals surface area contributed by atoms with Crippen molar-refractivity contribution in [2.45, 2.75) is 72.4 Å². The molecule has 0 saturated carbocycles. The SMILES string of the molecule is Cc1c(OCCCN2CCC3(CC2)COC3)cccc1-c1cccc(-c2nc3c(s2)CCN(C(=O)OC(C)(C)C)C3)c1C. The second kappa shape index (κ2) is 12.2. The Kier molecular flexibility index (Phi) is 8.55. The molecule has 0 atom stereocenters. The van der Waals surface area contributed by atoms with E-state index in [1.807, 2.05) is 20.8 Å². The number of carbonyl (C=O) groups is 1. The molecule has 1 spiro atoms. The molecule has 3 aromatic rings. The van der Waals surface area contributed by atoms with Crippen molar-refractivity contribution in [2.24, 2.45) is 5.41 Å². The Balaban J connectivity index is 1.11. The van der Waals surface area contributed by atoms with Gasteiger partial charge in [0.1, 0.15) is 16.4 Å². The van der Waals surface area contributed by atoms with Gasteiger partial charge in [-0.05, 0) is 95.3 Å². The average molecular weight is 604 g/mol. The van der Waals surface area contributed by atoms with Crippen LogP contribution in [0.1, 0.15) is 61.7 Å². The molecule has 1 amide bonds. The normalized spacial score (nSPS) is 18.3. The molecule has 3 aliphatic rings. The number of benzene rings is 2. The Bertz CT molecular complexity index is 1460. The van der Waals surface area contributed by atoms with Crippen molar-refractivity contribution in [3.05, 3.63) is 58.1 Å². The minimum Gasteiger partial charge on any atom is -0.493 e. The van der Waals surface area contributed by atoms with Gasteiger partial charge in [-0.25, -0.2) is 9.78 Å². The van der Waals surface area contributed by atoms with Crippen LogP contribution < -0.4 is 4.74 Å². The summed E-state index contributed by atoms with van der Waals surface area (Å²) in [5, 5.41) is 1.01. The van der Waals surface area contributed by atoms with Gasteiger partial charge in [0.2, 0.25) is 0 Å². The lowest BCUT2D eigenvalue weighted by atomic mass is 9.77. The van der Waals surface area contributed by atoms with Gasteiger partial charge in [-0.2, -0.15) is 0 Å². The predicted molar refractivity (Wildman–Crippen MR) is 172 cm³/mol. The second-order valence-corrected chi connectivity index (χ2v) is 14.6. The van der Waals surface area contributed by atoms with Crippen LogP contribution in [0.5, 0.6) is 5.75 Å². The first-order chi connectivity index (χ1) is 20.6. The summed E-state index contributed by atoms with van der Waals surface area (Å²) in [6.07, 6.45) is 4.09. The molecule has 0 bridgehead atoms. The van der Waals surface area contributed by atoms with Crippen LogP contribution in [0, 0.1) is 19.3 Å². The Hall–Kier alpha value is -2.94. The molecule has 0 unspecified atom stereocenters. The summed E-state index contributed by atoms with van der Waals surface area (Å²) in [7, 11) is 0. The lowest BCUT2D eigenvalue weighted by Crippen LogP contribution is -2.51. The highest BCUT2D eigenvalue weighted by atomic mass is 32.1. The lowest BCUT2D eigenvalue weighted by Gasteiger charge is -2.47. The highest BCUT2D eigenvalue weighted by molar-refractivity contribution is 7.15. The maximum atomic E-state index is 12.7. The van der Waals surface area contributed by atoms with Crippen LogP contribution in [0.25, 0.3) is 21.7 Å². The summed E-state index contributed by atoms with van der Waals surface area (Å²) < 4.78 is 17.4. The molecule has 6 rings (SSSR count). The number of likely N-dealkylation sites (tertiary alicyclic amines) is 1. The van der Waals surface area contributed by atoms with Crippen LogP contribution in [-0.4, -0.2) is 72.5 Å². The van der Waals surface area contributed by atoms with E-state index in [-0.39, 0.29) is 6.09 Å². The molecule has 2 saturated heterocycles. The summed E-state index contributed by atoms with van der Waals surface area (Å²) in [4.78, 5) is 23.3. The number of carbonyl (C=O) groups excluding carboxylic acids is 1. The molecule has 2 aromatic carbocycles. The van der Waals surface area contributed by atoms with Gasteiger partial charge in [-0.1, -0.05) is 30.3 Å². The third-order valence-electron chi connectivity index (χ3n) is 9.13. The molecule has 230 valence electrons. The summed E-state index contributed by atoms with van der Waals surface area (Å²) in [5.41, 5.74) is 6.87. The monoisotopic (exact) mass is 603 g/mol. The van der Waals surface area contributed by atoms with Crippen molar-refractivity contribution < 1.29 is 19.0 Å². The molecule has 1 aromatic heterocycles. The number of rotatable bonds is 7. The molecule has 0 N–H and O–H groups in total. The van der Waals surface area contributed by atoms with E-state index in [2.05, 4.69) is 55.1 Å². The number of hydrogen-bond donors (Lipinski definition) is 0. The molecule has 0 radical (unpaired) electrons. The van der Waals surface area contributed by atoms with Gasteiger partial charge < -0.3 is 24.0 Å². The minimum atomic E-state index is -0.509. The van der Waals surface area contributed by atoms with Gasteiger partial charge in [0, 0.05) is 35.4 Å². The van der Waals surface area contributed by atoms with Gasteiger partial charge >= 0.3 is 6.09 Å². The zero-order valence-corrected chi connectivity index (χ0v) is 27.1. The van der Waals surface area contributed by atoms with E-state index >= 15 is 0 Å². The van der Waals surface area contributed by atoms with Crippen molar-refractivity contribution in [3.63, 3.8) is 0 Å². The van der Waals surface area contributed by atoms with Crippen LogP contribution in [0.3, 0.4) is 0 Å². The molecule has 3 aliphatic heterocycles. The second-order valence-electron chi connectivity index (χ2n) is 13.5. The van der Waals surface area contributed by atoms with Gasteiger partial charge in [-0.3, -0.25) is 0 Å². The summed E-state index contributed by atoms with van der Waals surface area (Å²) >= 11 is 1.75. The van der Waals surface area contributed by atoms with Crippen molar-refractivity contribution in [3.8, 4) is 27.4 Å². The zero-order chi connectivity index (χ0) is 30.2. The van der Waals surface area contributed by atoms with Crippen molar-refractivity contribution in [1.82, 2.24) is 14.8 Å².